The molecule has 2 heterocycles. The van der Waals surface area contributed by atoms with Gasteiger partial charge in [-0.1, -0.05) is 42.5 Å². The van der Waals surface area contributed by atoms with Crippen LogP contribution in [0.25, 0.3) is 0 Å². The van der Waals surface area contributed by atoms with Crippen LogP contribution in [0.2, 0.25) is 0 Å². The van der Waals surface area contributed by atoms with Gasteiger partial charge in [-0.3, -0.25) is 0 Å². The van der Waals surface area contributed by atoms with Crippen molar-refractivity contribution in [2.24, 2.45) is 5.10 Å². The first-order chi connectivity index (χ1) is 14.7. The quantitative estimate of drug-likeness (QED) is 0.419. The van der Waals surface area contributed by atoms with Crippen LogP contribution in [0, 0.1) is 0 Å². The highest BCUT2D eigenvalue weighted by Crippen LogP contribution is 2.48. The van der Waals surface area contributed by atoms with E-state index in [0.717, 1.165) is 24.2 Å². The Balaban J connectivity index is 1.60. The van der Waals surface area contributed by atoms with E-state index < -0.39 is 0 Å². The van der Waals surface area contributed by atoms with Crippen molar-refractivity contribution in [1.82, 2.24) is 5.01 Å². The Hall–Kier alpha value is -2.70. The van der Waals surface area contributed by atoms with Gasteiger partial charge in [0, 0.05) is 10.4 Å². The predicted molar refractivity (Wildman–Crippen MR) is 128 cm³/mol. The molecule has 4 nitrogen and oxygen atoms in total. The minimum absolute atomic E-state index is 0.0186. The Bertz CT molecular complexity index is 1110. The Morgan fingerprint density at radius 3 is 2.80 bits per heavy atom. The molecular weight excluding hydrogens is 410 g/mol. The van der Waals surface area contributed by atoms with Crippen molar-refractivity contribution in [3.05, 3.63) is 81.7 Å². The van der Waals surface area contributed by atoms with Crippen LogP contribution in [0.4, 0.5) is 5.00 Å². The number of aryl methyl sites for hydroxylation is 1. The van der Waals surface area contributed by atoms with Crippen LogP contribution in [0.1, 0.15) is 46.0 Å². The molecule has 3 aromatic rings. The Morgan fingerprint density at radius 1 is 1.13 bits per heavy atom. The molecule has 2 aromatic carbocycles. The highest BCUT2D eigenvalue weighted by atomic mass is 32.1. The summed E-state index contributed by atoms with van der Waals surface area (Å²) >= 11 is 7.64. The largest absolute Gasteiger partial charge is 0.497 e. The first-order valence-electron chi connectivity index (χ1n) is 10.2. The molecular formula is C24H23N3OS2. The van der Waals surface area contributed by atoms with Gasteiger partial charge in [-0.25, -0.2) is 5.01 Å². The molecule has 0 bridgehead atoms. The van der Waals surface area contributed by atoms with Crippen LogP contribution in [0.3, 0.4) is 0 Å². The minimum Gasteiger partial charge on any atom is -0.497 e. The number of hydrazone groups is 1. The van der Waals surface area contributed by atoms with Gasteiger partial charge in [0.05, 0.1) is 13.3 Å². The summed E-state index contributed by atoms with van der Waals surface area (Å²) in [6.45, 7) is 0. The smallest absolute Gasteiger partial charge is 0.195 e. The van der Waals surface area contributed by atoms with Gasteiger partial charge in [0.2, 0.25) is 0 Å². The summed E-state index contributed by atoms with van der Waals surface area (Å²) in [5, 5.41) is 12.1. The van der Waals surface area contributed by atoms with Gasteiger partial charge >= 0.3 is 0 Å². The van der Waals surface area contributed by atoms with Crippen molar-refractivity contribution in [3.8, 4) is 5.75 Å². The SMILES string of the molecule is COc1cccc(/C=N/N2C(=S)Nc3sc4c(c3C2c2ccccc2)CCCC4)c1. The molecule has 6 heteroatoms. The Labute approximate surface area is 186 Å². The number of rotatable bonds is 4. The fraction of sp³-hybridized carbons (Fsp3) is 0.250. The van der Waals surface area contributed by atoms with Crippen molar-refractivity contribution >= 4 is 39.9 Å². The summed E-state index contributed by atoms with van der Waals surface area (Å²) in [7, 11) is 1.67. The summed E-state index contributed by atoms with van der Waals surface area (Å²) in [5.74, 6) is 0.812. The Kier molecular flexibility index (Phi) is 5.27. The number of hydrogen-bond acceptors (Lipinski definition) is 4. The number of nitrogens with zero attached hydrogens (tertiary/aromatic N) is 2. The van der Waals surface area contributed by atoms with Crippen molar-refractivity contribution in [3.63, 3.8) is 0 Å². The second kappa shape index (κ2) is 8.20. The van der Waals surface area contributed by atoms with Crippen molar-refractivity contribution in [1.29, 1.82) is 0 Å². The highest BCUT2D eigenvalue weighted by molar-refractivity contribution is 7.80. The van der Waals surface area contributed by atoms with E-state index in [1.165, 1.54) is 39.4 Å². The summed E-state index contributed by atoms with van der Waals surface area (Å²) in [4.78, 5) is 1.50. The molecule has 0 spiro atoms. The molecule has 1 aromatic heterocycles. The van der Waals surface area contributed by atoms with E-state index in [1.807, 2.05) is 46.8 Å². The van der Waals surface area contributed by atoms with E-state index in [2.05, 4.69) is 35.6 Å². The molecule has 0 fully saturated rings. The number of nitrogens with one attached hydrogen (secondary N) is 1. The van der Waals surface area contributed by atoms with E-state index >= 15 is 0 Å². The monoisotopic (exact) mass is 433 g/mol. The zero-order chi connectivity index (χ0) is 20.5. The molecule has 1 unspecified atom stereocenters. The number of fused-ring (bicyclic) bond motifs is 3. The molecule has 2 aliphatic rings. The maximum absolute atomic E-state index is 5.77. The van der Waals surface area contributed by atoms with E-state index in [0.29, 0.717) is 5.11 Å². The zero-order valence-electron chi connectivity index (χ0n) is 16.8. The fourth-order valence-corrected chi connectivity index (χ4v) is 5.92. The molecule has 30 heavy (non-hydrogen) atoms. The van der Waals surface area contributed by atoms with E-state index in [9.17, 15) is 0 Å². The number of hydrogen-bond donors (Lipinski definition) is 1. The molecule has 1 atom stereocenters. The standard InChI is InChI=1S/C24H23N3OS2/c1-28-18-11-7-8-16(14-18)15-25-27-22(17-9-3-2-4-10-17)21-19-12-5-6-13-20(19)30-23(21)26-24(27)29/h2-4,7-11,14-15,22H,5-6,12-13H2,1H3,(H,26,29)/b25-15+. The van der Waals surface area contributed by atoms with E-state index in [4.69, 9.17) is 22.1 Å². The third-order valence-corrected chi connectivity index (χ3v) is 7.21. The third kappa shape index (κ3) is 3.50. The van der Waals surface area contributed by atoms with Crippen molar-refractivity contribution in [2.45, 2.75) is 31.7 Å². The lowest BCUT2D eigenvalue weighted by atomic mass is 9.89. The van der Waals surface area contributed by atoms with Gasteiger partial charge in [-0.15, -0.1) is 11.3 Å². The van der Waals surface area contributed by atoms with Crippen molar-refractivity contribution < 1.29 is 4.74 Å². The van der Waals surface area contributed by atoms with Crippen LogP contribution >= 0.6 is 23.6 Å². The number of methoxy groups -OCH3 is 1. The zero-order valence-corrected chi connectivity index (χ0v) is 18.4. The lowest BCUT2D eigenvalue weighted by Crippen LogP contribution is -2.39. The van der Waals surface area contributed by atoms with Crippen LogP contribution in [-0.2, 0) is 12.8 Å². The lowest BCUT2D eigenvalue weighted by molar-refractivity contribution is 0.377. The number of benzene rings is 2. The maximum Gasteiger partial charge on any atom is 0.195 e. The van der Waals surface area contributed by atoms with Crippen molar-refractivity contribution in [2.75, 3.05) is 12.4 Å². The molecule has 0 saturated heterocycles. The van der Waals surface area contributed by atoms with Gasteiger partial charge in [0.15, 0.2) is 5.11 Å². The van der Waals surface area contributed by atoms with Gasteiger partial charge < -0.3 is 10.1 Å². The van der Waals surface area contributed by atoms with E-state index in [-0.39, 0.29) is 6.04 Å². The summed E-state index contributed by atoms with van der Waals surface area (Å²) in [5.41, 5.74) is 5.02. The molecule has 1 N–H and O–H groups in total. The fourth-order valence-electron chi connectivity index (χ4n) is 4.28. The second-order valence-corrected chi connectivity index (χ2v) is 9.05. The van der Waals surface area contributed by atoms with Gasteiger partial charge in [-0.2, -0.15) is 5.10 Å². The van der Waals surface area contributed by atoms with Gasteiger partial charge in [0.25, 0.3) is 0 Å². The van der Waals surface area contributed by atoms with Crippen LogP contribution in [0.5, 0.6) is 5.75 Å². The number of thiophene rings is 1. The van der Waals surface area contributed by atoms with Crippen LogP contribution in [0.15, 0.2) is 59.7 Å². The maximum atomic E-state index is 5.77. The van der Waals surface area contributed by atoms with Crippen LogP contribution < -0.4 is 10.1 Å². The van der Waals surface area contributed by atoms with E-state index in [1.54, 1.807) is 7.11 Å². The molecule has 5 rings (SSSR count). The summed E-state index contributed by atoms with van der Waals surface area (Å²) < 4.78 is 5.34. The van der Waals surface area contributed by atoms with Gasteiger partial charge in [0.1, 0.15) is 16.8 Å². The highest BCUT2D eigenvalue weighted by Gasteiger charge is 2.36. The predicted octanol–water partition coefficient (Wildman–Crippen LogP) is 5.77. The second-order valence-electron chi connectivity index (χ2n) is 7.56. The average Bonchev–Trinajstić information content (AvgIpc) is 3.15. The molecule has 1 aliphatic carbocycles. The van der Waals surface area contributed by atoms with Crippen LogP contribution in [-0.4, -0.2) is 23.4 Å². The molecule has 1 aliphatic heterocycles. The molecule has 0 saturated carbocycles. The average molecular weight is 434 g/mol. The number of ether oxygens (including phenoxy) is 1. The Morgan fingerprint density at radius 2 is 1.97 bits per heavy atom. The molecule has 0 radical (unpaired) electrons. The lowest BCUT2D eigenvalue weighted by Gasteiger charge is -2.35. The minimum atomic E-state index is -0.0186. The number of anilines is 1. The summed E-state index contributed by atoms with van der Waals surface area (Å²) in [6, 6.07) is 18.4. The molecule has 152 valence electrons. The first kappa shape index (κ1) is 19.3. The summed E-state index contributed by atoms with van der Waals surface area (Å²) in [6.07, 6.45) is 6.67. The molecule has 0 amide bonds. The normalized spacial score (nSPS) is 18.1. The van der Waals surface area contributed by atoms with Gasteiger partial charge in [-0.05, 0) is 66.7 Å². The third-order valence-electron chi connectivity index (χ3n) is 5.70. The number of thiocarbonyl (C=S) groups is 1. The first-order valence-corrected chi connectivity index (χ1v) is 11.4. The topological polar surface area (TPSA) is 36.9 Å².